The van der Waals surface area contributed by atoms with Gasteiger partial charge >= 0.3 is 0 Å². The molecule has 0 radical (unpaired) electrons. The molecule has 0 unspecified atom stereocenters. The molecule has 2 aromatic carbocycles. The minimum absolute atomic E-state index is 0.00390. The zero-order valence-electron chi connectivity index (χ0n) is 14.6. The molecule has 0 aliphatic heterocycles. The summed E-state index contributed by atoms with van der Waals surface area (Å²) in [6.45, 7) is 0. The number of aromatic nitrogens is 2. The van der Waals surface area contributed by atoms with Gasteiger partial charge in [-0.2, -0.15) is 5.10 Å². The number of nitrogens with zero attached hydrogens (tertiary/aromatic N) is 2. The Balaban J connectivity index is 1.45. The first-order valence-electron chi connectivity index (χ1n) is 9.33. The van der Waals surface area contributed by atoms with Crippen LogP contribution in [0.2, 0.25) is 0 Å². The molecule has 5 rings (SSSR count). The summed E-state index contributed by atoms with van der Waals surface area (Å²) in [6, 6.07) is 18.6. The van der Waals surface area contributed by atoms with Crippen molar-refractivity contribution in [3.8, 4) is 5.69 Å². The van der Waals surface area contributed by atoms with Crippen LogP contribution in [0.5, 0.6) is 0 Å². The Bertz CT molecular complexity index is 957. The first-order chi connectivity index (χ1) is 12.8. The van der Waals surface area contributed by atoms with Crippen LogP contribution in [0.15, 0.2) is 60.8 Å². The second-order valence-corrected chi connectivity index (χ2v) is 7.23. The van der Waals surface area contributed by atoms with Crippen LogP contribution in [0.1, 0.15) is 58.4 Å². The number of rotatable bonds is 4. The summed E-state index contributed by atoms with van der Waals surface area (Å²) in [5.74, 6) is 0.435. The van der Waals surface area contributed by atoms with Gasteiger partial charge in [0.2, 0.25) is 0 Å². The van der Waals surface area contributed by atoms with E-state index in [1.54, 1.807) is 6.20 Å². The molecule has 0 bridgehead atoms. The number of carbonyl (C=O) groups is 1. The third kappa shape index (κ3) is 2.62. The van der Waals surface area contributed by atoms with E-state index >= 15 is 0 Å². The molecule has 1 fully saturated rings. The van der Waals surface area contributed by atoms with E-state index in [0.29, 0.717) is 5.92 Å². The Kier molecular flexibility index (Phi) is 3.63. The molecule has 2 aliphatic rings. The zero-order chi connectivity index (χ0) is 17.5. The third-order valence-electron chi connectivity index (χ3n) is 5.45. The van der Waals surface area contributed by atoms with Gasteiger partial charge in [-0.3, -0.25) is 4.79 Å². The number of carbonyl (C=O) groups excluding carboxylic acids is 1. The van der Waals surface area contributed by atoms with E-state index in [1.807, 2.05) is 41.1 Å². The van der Waals surface area contributed by atoms with E-state index in [4.69, 9.17) is 0 Å². The Morgan fingerprint density at radius 2 is 1.77 bits per heavy atom. The molecule has 1 heterocycles. The molecule has 1 amide bonds. The summed E-state index contributed by atoms with van der Waals surface area (Å²) in [5, 5.41) is 7.79. The Morgan fingerprint density at radius 3 is 2.58 bits per heavy atom. The van der Waals surface area contributed by atoms with Crippen LogP contribution in [0.4, 0.5) is 0 Å². The minimum atomic E-state index is -0.00390. The average molecular weight is 343 g/mol. The monoisotopic (exact) mass is 343 g/mol. The van der Waals surface area contributed by atoms with E-state index in [0.717, 1.165) is 42.6 Å². The van der Waals surface area contributed by atoms with E-state index in [1.165, 1.54) is 11.1 Å². The molecule has 130 valence electrons. The van der Waals surface area contributed by atoms with Crippen LogP contribution in [0, 0.1) is 0 Å². The molecule has 4 heteroatoms. The van der Waals surface area contributed by atoms with Gasteiger partial charge in [-0.25, -0.2) is 4.68 Å². The van der Waals surface area contributed by atoms with E-state index < -0.39 is 0 Å². The van der Waals surface area contributed by atoms with Crippen LogP contribution < -0.4 is 5.32 Å². The van der Waals surface area contributed by atoms with Gasteiger partial charge in [0.15, 0.2) is 0 Å². The fourth-order valence-electron chi connectivity index (χ4n) is 4.00. The molecule has 4 nitrogen and oxygen atoms in total. The molecule has 1 atom stereocenters. The molecule has 1 saturated carbocycles. The summed E-state index contributed by atoms with van der Waals surface area (Å²) in [7, 11) is 0. The van der Waals surface area contributed by atoms with Gasteiger partial charge in [0.05, 0.1) is 29.2 Å². The normalized spacial score (nSPS) is 18.5. The maximum Gasteiger partial charge on any atom is 0.255 e. The predicted molar refractivity (Wildman–Crippen MR) is 101 cm³/mol. The number of nitrogens with one attached hydrogen (secondary N) is 1. The molecular formula is C22H21N3O. The van der Waals surface area contributed by atoms with Crippen molar-refractivity contribution in [1.29, 1.82) is 0 Å². The lowest BCUT2D eigenvalue weighted by Gasteiger charge is -2.15. The molecule has 26 heavy (non-hydrogen) atoms. The summed E-state index contributed by atoms with van der Waals surface area (Å²) < 4.78 is 1.94. The predicted octanol–water partition coefficient (Wildman–Crippen LogP) is 4.17. The number of benzene rings is 2. The number of para-hydroxylation sites is 1. The lowest BCUT2D eigenvalue weighted by Crippen LogP contribution is -2.27. The van der Waals surface area contributed by atoms with Gasteiger partial charge in [0.25, 0.3) is 5.91 Å². The molecule has 1 aromatic heterocycles. The van der Waals surface area contributed by atoms with Crippen molar-refractivity contribution >= 4 is 5.91 Å². The Hall–Kier alpha value is -2.88. The van der Waals surface area contributed by atoms with Crippen LogP contribution in [-0.4, -0.2) is 15.7 Å². The molecule has 2 aliphatic carbocycles. The topological polar surface area (TPSA) is 46.9 Å². The van der Waals surface area contributed by atoms with Gasteiger partial charge in [0, 0.05) is 5.92 Å². The second kappa shape index (κ2) is 6.13. The summed E-state index contributed by atoms with van der Waals surface area (Å²) >= 11 is 0. The standard InChI is InChI=1S/C22H21N3O/c26-22(24-20-13-12-15-6-4-5-9-18(15)20)19-14-23-25(21(19)16-10-11-16)17-7-2-1-3-8-17/h1-9,14,16,20H,10-13H2,(H,24,26)/t20-/m0/s1. The maximum absolute atomic E-state index is 13.0. The first-order valence-corrected chi connectivity index (χ1v) is 9.33. The third-order valence-corrected chi connectivity index (χ3v) is 5.45. The average Bonchev–Trinajstić information content (AvgIpc) is 3.30. The number of fused-ring (bicyclic) bond motifs is 1. The highest BCUT2D eigenvalue weighted by Gasteiger charge is 2.34. The quantitative estimate of drug-likeness (QED) is 0.773. The first kappa shape index (κ1) is 15.4. The van der Waals surface area contributed by atoms with Crippen LogP contribution in [-0.2, 0) is 6.42 Å². The summed E-state index contributed by atoms with van der Waals surface area (Å²) in [5.41, 5.74) is 5.39. The van der Waals surface area contributed by atoms with E-state index in [2.05, 4.69) is 28.6 Å². The number of aryl methyl sites for hydroxylation is 1. The molecule has 1 N–H and O–H groups in total. The van der Waals surface area contributed by atoms with Crippen molar-refractivity contribution in [2.75, 3.05) is 0 Å². The van der Waals surface area contributed by atoms with Crippen LogP contribution >= 0.6 is 0 Å². The van der Waals surface area contributed by atoms with E-state index in [9.17, 15) is 4.79 Å². The maximum atomic E-state index is 13.0. The lowest BCUT2D eigenvalue weighted by atomic mass is 10.1. The lowest BCUT2D eigenvalue weighted by molar-refractivity contribution is 0.0935. The van der Waals surface area contributed by atoms with Crippen molar-refractivity contribution in [3.63, 3.8) is 0 Å². The fraction of sp³-hybridized carbons (Fsp3) is 0.273. The Labute approximate surface area is 152 Å². The highest BCUT2D eigenvalue weighted by molar-refractivity contribution is 5.96. The number of hydrogen-bond donors (Lipinski definition) is 1. The van der Waals surface area contributed by atoms with Gasteiger partial charge in [-0.1, -0.05) is 42.5 Å². The highest BCUT2D eigenvalue weighted by Crippen LogP contribution is 2.42. The SMILES string of the molecule is O=C(N[C@H]1CCc2ccccc21)c1cnn(-c2ccccc2)c1C1CC1. The summed E-state index contributed by atoms with van der Waals surface area (Å²) in [4.78, 5) is 13.0. The Morgan fingerprint density at radius 1 is 1.00 bits per heavy atom. The largest absolute Gasteiger partial charge is 0.345 e. The molecule has 0 spiro atoms. The van der Waals surface area contributed by atoms with Crippen LogP contribution in [0.25, 0.3) is 5.69 Å². The van der Waals surface area contributed by atoms with Crippen molar-refractivity contribution in [2.24, 2.45) is 0 Å². The van der Waals surface area contributed by atoms with Gasteiger partial charge in [-0.05, 0) is 48.9 Å². The van der Waals surface area contributed by atoms with Crippen molar-refractivity contribution < 1.29 is 4.79 Å². The van der Waals surface area contributed by atoms with E-state index in [-0.39, 0.29) is 11.9 Å². The number of hydrogen-bond acceptors (Lipinski definition) is 2. The zero-order valence-corrected chi connectivity index (χ0v) is 14.6. The minimum Gasteiger partial charge on any atom is -0.345 e. The highest BCUT2D eigenvalue weighted by atomic mass is 16.1. The fourth-order valence-corrected chi connectivity index (χ4v) is 4.00. The van der Waals surface area contributed by atoms with Crippen molar-refractivity contribution in [2.45, 2.75) is 37.6 Å². The van der Waals surface area contributed by atoms with Gasteiger partial charge in [-0.15, -0.1) is 0 Å². The van der Waals surface area contributed by atoms with Crippen LogP contribution in [0.3, 0.4) is 0 Å². The molecule has 0 saturated heterocycles. The van der Waals surface area contributed by atoms with Crippen molar-refractivity contribution in [1.82, 2.24) is 15.1 Å². The number of amides is 1. The molecular weight excluding hydrogens is 322 g/mol. The van der Waals surface area contributed by atoms with Crippen molar-refractivity contribution in [3.05, 3.63) is 83.2 Å². The molecule has 3 aromatic rings. The second-order valence-electron chi connectivity index (χ2n) is 7.23. The summed E-state index contributed by atoms with van der Waals surface area (Å²) in [6.07, 6.45) is 5.99. The smallest absolute Gasteiger partial charge is 0.255 e. The van der Waals surface area contributed by atoms with Gasteiger partial charge in [0.1, 0.15) is 0 Å². The van der Waals surface area contributed by atoms with Gasteiger partial charge < -0.3 is 5.32 Å².